The lowest BCUT2D eigenvalue weighted by Gasteiger charge is -2.36. The number of aromatic hydroxyl groups is 1. The van der Waals surface area contributed by atoms with Crippen LogP contribution in [0.15, 0.2) is 72.8 Å². The molecule has 0 aliphatic carbocycles. The topological polar surface area (TPSA) is 47.9 Å². The molecule has 7 rings (SSSR count). The molecular weight excluding hydrogens is 440 g/mol. The summed E-state index contributed by atoms with van der Waals surface area (Å²) in [5.41, 5.74) is 8.38. The van der Waals surface area contributed by atoms with E-state index in [1.807, 2.05) is 24.7 Å². The zero-order valence-electron chi connectivity index (χ0n) is 18.9. The normalized spacial score (nSPS) is 16.4. The first-order chi connectivity index (χ1) is 16.6. The minimum absolute atomic E-state index is 0.346. The van der Waals surface area contributed by atoms with E-state index < -0.39 is 8.80 Å². The van der Waals surface area contributed by atoms with Crippen LogP contribution < -0.4 is 13.3 Å². The first-order valence-corrected chi connectivity index (χ1v) is 14.0. The van der Waals surface area contributed by atoms with Gasteiger partial charge in [0.05, 0.1) is 0 Å². The Kier molecular flexibility index (Phi) is 4.15. The van der Waals surface area contributed by atoms with Crippen molar-refractivity contribution in [3.05, 3.63) is 117 Å². The molecule has 3 aliphatic rings. The van der Waals surface area contributed by atoms with E-state index in [2.05, 4.69) is 54.6 Å². The monoisotopic (exact) mass is 464 g/mol. The van der Waals surface area contributed by atoms with Crippen LogP contribution in [0.4, 0.5) is 0 Å². The maximum Gasteiger partial charge on any atom is 0.696 e. The summed E-state index contributed by atoms with van der Waals surface area (Å²) < 4.78 is 20.3. The highest BCUT2D eigenvalue weighted by Crippen LogP contribution is 2.43. The number of phenolic OH excluding ortho intramolecular Hbond substituents is 1. The quantitative estimate of drug-likeness (QED) is 0.294. The molecule has 0 unspecified atom stereocenters. The lowest BCUT2D eigenvalue weighted by atomic mass is 9.91. The summed E-state index contributed by atoms with van der Waals surface area (Å²) in [7, 11) is -3.21. The second-order valence-electron chi connectivity index (χ2n) is 9.52. The number of hydrogen-bond donors (Lipinski definition) is 1. The van der Waals surface area contributed by atoms with Gasteiger partial charge in [0.1, 0.15) is 23.0 Å². The van der Waals surface area contributed by atoms with E-state index in [9.17, 15) is 5.11 Å². The number of benzene rings is 4. The number of rotatable bonds is 0. The van der Waals surface area contributed by atoms with E-state index in [0.29, 0.717) is 18.6 Å². The average molecular weight is 465 g/mol. The van der Waals surface area contributed by atoms with Gasteiger partial charge in [-0.05, 0) is 44.5 Å². The van der Waals surface area contributed by atoms with E-state index in [4.69, 9.17) is 13.3 Å². The van der Waals surface area contributed by atoms with Crippen LogP contribution in [0.5, 0.6) is 23.0 Å². The minimum Gasteiger partial charge on any atom is -0.507 e. The van der Waals surface area contributed by atoms with Gasteiger partial charge in [0.15, 0.2) is 0 Å². The van der Waals surface area contributed by atoms with Gasteiger partial charge < -0.3 is 18.4 Å². The van der Waals surface area contributed by atoms with Crippen LogP contribution in [-0.4, -0.2) is 13.9 Å². The molecule has 1 N–H and O–H groups in total. The Balaban J connectivity index is 1.58. The Morgan fingerprint density at radius 2 is 0.765 bits per heavy atom. The molecule has 6 bridgehead atoms. The van der Waals surface area contributed by atoms with Crippen molar-refractivity contribution in [3.8, 4) is 23.0 Å². The van der Waals surface area contributed by atoms with Gasteiger partial charge in [-0.2, -0.15) is 0 Å². The fourth-order valence-electron chi connectivity index (χ4n) is 5.51. The largest absolute Gasteiger partial charge is 0.696 e. The number of para-hydroxylation sites is 4. The molecule has 4 aromatic rings. The van der Waals surface area contributed by atoms with Gasteiger partial charge >= 0.3 is 8.80 Å². The molecule has 0 fully saturated rings. The second-order valence-corrected chi connectivity index (χ2v) is 11.9. The molecule has 0 saturated heterocycles. The SMILES string of the molecule is C[Si]12Oc3c4cccc3Cc3cccc(c3O1)Cc1cccc(c1O2)Cc1cccc(c1O)C4. The van der Waals surface area contributed by atoms with Crippen molar-refractivity contribution in [2.75, 3.05) is 0 Å². The van der Waals surface area contributed by atoms with Crippen molar-refractivity contribution < 1.29 is 18.4 Å². The predicted molar refractivity (Wildman–Crippen MR) is 132 cm³/mol. The van der Waals surface area contributed by atoms with Crippen LogP contribution in [0.25, 0.3) is 0 Å². The third-order valence-corrected chi connectivity index (χ3v) is 8.85. The molecule has 0 saturated carbocycles. The van der Waals surface area contributed by atoms with Crippen molar-refractivity contribution in [2.24, 2.45) is 0 Å². The molecule has 0 spiro atoms. The fourth-order valence-corrected chi connectivity index (χ4v) is 7.54. The molecule has 0 aromatic heterocycles. The zero-order valence-corrected chi connectivity index (χ0v) is 19.9. The Hall–Kier alpha value is -3.70. The summed E-state index contributed by atoms with van der Waals surface area (Å²) in [6, 6.07) is 25.0. The maximum atomic E-state index is 11.2. The van der Waals surface area contributed by atoms with Gasteiger partial charge in [0.2, 0.25) is 0 Å². The summed E-state index contributed by atoms with van der Waals surface area (Å²) in [5.74, 6) is 2.88. The van der Waals surface area contributed by atoms with Gasteiger partial charge in [-0.15, -0.1) is 0 Å². The van der Waals surface area contributed by atoms with E-state index in [1.165, 1.54) is 0 Å². The summed E-state index contributed by atoms with van der Waals surface area (Å²) in [4.78, 5) is 0. The molecule has 5 heteroatoms. The Labute approximate surface area is 199 Å². The maximum absolute atomic E-state index is 11.2. The fraction of sp³-hybridized carbons (Fsp3) is 0.172. The third-order valence-electron chi connectivity index (χ3n) is 7.12. The molecule has 0 radical (unpaired) electrons. The van der Waals surface area contributed by atoms with Gasteiger partial charge in [-0.1, -0.05) is 72.8 Å². The molecule has 34 heavy (non-hydrogen) atoms. The number of phenols is 1. The van der Waals surface area contributed by atoms with Crippen LogP contribution in [0.2, 0.25) is 6.55 Å². The Morgan fingerprint density at radius 1 is 0.500 bits per heavy atom. The van der Waals surface area contributed by atoms with Crippen LogP contribution in [-0.2, 0) is 25.7 Å². The third kappa shape index (κ3) is 3.04. The van der Waals surface area contributed by atoms with Crippen molar-refractivity contribution in [2.45, 2.75) is 32.2 Å². The first kappa shape index (κ1) is 19.7. The van der Waals surface area contributed by atoms with Gasteiger partial charge in [0, 0.05) is 32.2 Å². The van der Waals surface area contributed by atoms with E-state index in [-0.39, 0.29) is 0 Å². The van der Waals surface area contributed by atoms with Crippen LogP contribution in [0, 0.1) is 0 Å². The highest BCUT2D eigenvalue weighted by Gasteiger charge is 2.47. The molecule has 3 aliphatic heterocycles. The zero-order chi connectivity index (χ0) is 22.9. The summed E-state index contributed by atoms with van der Waals surface area (Å²) in [5, 5.41) is 11.2. The second kappa shape index (κ2) is 7.15. The molecule has 3 heterocycles. The van der Waals surface area contributed by atoms with Crippen LogP contribution in [0.3, 0.4) is 0 Å². The molecule has 0 amide bonds. The summed E-state index contributed by atoms with van der Waals surface area (Å²) in [6.45, 7) is 1.99. The van der Waals surface area contributed by atoms with Crippen molar-refractivity contribution >= 4 is 8.80 Å². The molecule has 4 nitrogen and oxygen atoms in total. The Bertz CT molecular complexity index is 1380. The standard InChI is InChI=1S/C29H24O4Si/c1-34-31-27-20-8-3-10-22(27)16-24-12-5-13-25(29(24)33-34)17-23-11-4-9-21(28(23)32-34)15-19-7-2-6-18(14-20)26(19)30/h2-13,30H,14-17H2,1H3. The Morgan fingerprint density at radius 3 is 1.09 bits per heavy atom. The highest BCUT2D eigenvalue weighted by molar-refractivity contribution is 6.61. The summed E-state index contributed by atoms with van der Waals surface area (Å²) in [6.07, 6.45) is 2.59. The van der Waals surface area contributed by atoms with Crippen molar-refractivity contribution in [1.29, 1.82) is 0 Å². The number of hydrogen-bond acceptors (Lipinski definition) is 4. The molecular formula is C29H24O4Si. The lowest BCUT2D eigenvalue weighted by Crippen LogP contribution is -2.53. The van der Waals surface area contributed by atoms with Crippen LogP contribution in [0.1, 0.15) is 44.5 Å². The van der Waals surface area contributed by atoms with E-state index >= 15 is 0 Å². The molecule has 168 valence electrons. The van der Waals surface area contributed by atoms with Crippen LogP contribution >= 0.6 is 0 Å². The summed E-state index contributed by atoms with van der Waals surface area (Å²) >= 11 is 0. The number of fused-ring (bicyclic) bond motifs is 2. The molecule has 4 aromatic carbocycles. The van der Waals surface area contributed by atoms with Gasteiger partial charge in [-0.25, -0.2) is 0 Å². The van der Waals surface area contributed by atoms with E-state index in [1.54, 1.807) is 0 Å². The van der Waals surface area contributed by atoms with Crippen molar-refractivity contribution in [1.82, 2.24) is 0 Å². The van der Waals surface area contributed by atoms with Crippen molar-refractivity contribution in [3.63, 3.8) is 0 Å². The van der Waals surface area contributed by atoms with E-state index in [0.717, 1.165) is 74.6 Å². The smallest absolute Gasteiger partial charge is 0.507 e. The highest BCUT2D eigenvalue weighted by atomic mass is 28.4. The predicted octanol–water partition coefficient (Wildman–Crippen LogP) is 5.80. The molecule has 0 atom stereocenters. The minimum atomic E-state index is -3.21. The lowest BCUT2D eigenvalue weighted by molar-refractivity contribution is 0.259. The van der Waals surface area contributed by atoms with Gasteiger partial charge in [-0.3, -0.25) is 0 Å². The van der Waals surface area contributed by atoms with Gasteiger partial charge in [0.25, 0.3) is 0 Å². The average Bonchev–Trinajstić information content (AvgIpc) is 2.80. The first-order valence-electron chi connectivity index (χ1n) is 11.8.